The number of pyridine rings is 1. The molecule has 4 heteroatoms. The molecule has 0 saturated heterocycles. The lowest BCUT2D eigenvalue weighted by Gasteiger charge is -2.02. The van der Waals surface area contributed by atoms with Gasteiger partial charge >= 0.3 is 0 Å². The largest absolute Gasteiger partial charge is 0.404 e. The molecule has 0 aliphatic carbocycles. The molecule has 0 radical (unpaired) electrons. The first-order chi connectivity index (χ1) is 6.81. The van der Waals surface area contributed by atoms with Crippen LogP contribution in [0.4, 0.5) is 0 Å². The average Bonchev–Trinajstić information content (AvgIpc) is 2.26. The van der Waals surface area contributed by atoms with Crippen LogP contribution in [0, 0.1) is 0 Å². The minimum atomic E-state index is 0.426. The predicted molar refractivity (Wildman–Crippen MR) is 58.7 cm³/mol. The average molecular weight is 190 g/mol. The van der Waals surface area contributed by atoms with Gasteiger partial charge in [0, 0.05) is 31.6 Å². The Hall–Kier alpha value is -1.68. The number of aliphatic imine (C=N–C) groups is 1. The minimum Gasteiger partial charge on any atom is -0.404 e. The maximum absolute atomic E-state index is 5.49. The molecule has 74 valence electrons. The van der Waals surface area contributed by atoms with E-state index in [1.807, 2.05) is 18.2 Å². The summed E-state index contributed by atoms with van der Waals surface area (Å²) in [6.07, 6.45) is 3.15. The summed E-state index contributed by atoms with van der Waals surface area (Å²) < 4.78 is 0. The molecule has 0 amide bonds. The highest BCUT2D eigenvalue weighted by atomic mass is 14.8. The number of hydrogen-bond acceptors (Lipinski definition) is 4. The fraction of sp³-hybridized carbons (Fsp3) is 0.200. The Kier molecular flexibility index (Phi) is 3.82. The van der Waals surface area contributed by atoms with E-state index in [0.717, 1.165) is 17.0 Å². The van der Waals surface area contributed by atoms with Gasteiger partial charge in [0.1, 0.15) is 0 Å². The molecular formula is C10H14N4. The van der Waals surface area contributed by atoms with Crippen LogP contribution in [-0.2, 0) is 6.54 Å². The second kappa shape index (κ2) is 5.14. The second-order valence-electron chi connectivity index (χ2n) is 2.73. The number of nitrogens with zero attached hydrogens (tertiary/aromatic N) is 2. The van der Waals surface area contributed by atoms with Gasteiger partial charge in [-0.1, -0.05) is 6.07 Å². The Bertz CT molecular complexity index is 355. The van der Waals surface area contributed by atoms with Crippen LogP contribution in [0.15, 0.2) is 29.4 Å². The van der Waals surface area contributed by atoms with Gasteiger partial charge in [-0.05, 0) is 12.1 Å². The van der Waals surface area contributed by atoms with E-state index >= 15 is 0 Å². The Morgan fingerprint density at radius 2 is 2.36 bits per heavy atom. The summed E-state index contributed by atoms with van der Waals surface area (Å²) in [6, 6.07) is 5.65. The van der Waals surface area contributed by atoms with Gasteiger partial charge < -0.3 is 11.5 Å². The molecule has 1 aromatic heterocycles. The van der Waals surface area contributed by atoms with Gasteiger partial charge in [0.05, 0.1) is 11.4 Å². The fourth-order valence-electron chi connectivity index (χ4n) is 1.09. The van der Waals surface area contributed by atoms with Crippen LogP contribution in [0.3, 0.4) is 0 Å². The van der Waals surface area contributed by atoms with E-state index in [4.69, 9.17) is 11.5 Å². The summed E-state index contributed by atoms with van der Waals surface area (Å²) in [5.41, 5.74) is 13.4. The lowest BCUT2D eigenvalue weighted by molar-refractivity contribution is 0.984. The lowest BCUT2D eigenvalue weighted by Crippen LogP contribution is -2.02. The molecule has 4 N–H and O–H groups in total. The van der Waals surface area contributed by atoms with E-state index in [-0.39, 0.29) is 0 Å². The van der Waals surface area contributed by atoms with Crippen LogP contribution in [0.25, 0.3) is 5.57 Å². The summed E-state index contributed by atoms with van der Waals surface area (Å²) in [7, 11) is 1.69. The molecule has 0 bridgehead atoms. The van der Waals surface area contributed by atoms with E-state index in [1.54, 1.807) is 13.3 Å². The first kappa shape index (κ1) is 10.4. The molecule has 0 aliphatic rings. The van der Waals surface area contributed by atoms with Crippen molar-refractivity contribution in [3.63, 3.8) is 0 Å². The van der Waals surface area contributed by atoms with Crippen LogP contribution >= 0.6 is 0 Å². The maximum atomic E-state index is 5.49. The Morgan fingerprint density at radius 1 is 1.57 bits per heavy atom. The van der Waals surface area contributed by atoms with Gasteiger partial charge in [-0.3, -0.25) is 9.98 Å². The summed E-state index contributed by atoms with van der Waals surface area (Å²) in [5.74, 6) is 0. The van der Waals surface area contributed by atoms with Crippen LogP contribution in [0.2, 0.25) is 0 Å². The number of aromatic nitrogens is 1. The number of allylic oxidation sites excluding steroid dienone is 1. The number of hydrogen-bond donors (Lipinski definition) is 2. The van der Waals surface area contributed by atoms with E-state index in [0.29, 0.717) is 6.54 Å². The molecule has 0 fully saturated rings. The SMILES string of the molecule is CN=CC(=CN)c1cccc(CN)n1. The summed E-state index contributed by atoms with van der Waals surface area (Å²) >= 11 is 0. The topological polar surface area (TPSA) is 77.3 Å². The molecule has 0 spiro atoms. The monoisotopic (exact) mass is 190 g/mol. The zero-order chi connectivity index (χ0) is 10.4. The van der Waals surface area contributed by atoms with Crippen molar-refractivity contribution in [1.29, 1.82) is 0 Å². The van der Waals surface area contributed by atoms with E-state index < -0.39 is 0 Å². The molecule has 0 saturated carbocycles. The molecule has 1 rings (SSSR count). The molecule has 14 heavy (non-hydrogen) atoms. The maximum Gasteiger partial charge on any atom is 0.0735 e. The highest BCUT2D eigenvalue weighted by molar-refractivity contribution is 6.08. The molecule has 1 heterocycles. The van der Waals surface area contributed by atoms with E-state index in [9.17, 15) is 0 Å². The Labute approximate surface area is 83.4 Å². The van der Waals surface area contributed by atoms with Gasteiger partial charge in [-0.15, -0.1) is 0 Å². The van der Waals surface area contributed by atoms with Gasteiger partial charge in [-0.25, -0.2) is 0 Å². The van der Waals surface area contributed by atoms with E-state index in [2.05, 4.69) is 9.98 Å². The van der Waals surface area contributed by atoms with Gasteiger partial charge in [-0.2, -0.15) is 0 Å². The lowest BCUT2D eigenvalue weighted by atomic mass is 10.2. The first-order valence-electron chi connectivity index (χ1n) is 4.32. The van der Waals surface area contributed by atoms with Crippen molar-refractivity contribution in [3.05, 3.63) is 35.8 Å². The molecule has 0 unspecified atom stereocenters. The standard InChI is InChI=1S/C10H14N4/c1-13-7-8(5-11)10-4-2-3-9(6-12)14-10/h2-5,7H,6,11-12H2,1H3. The molecule has 4 nitrogen and oxygen atoms in total. The fourth-order valence-corrected chi connectivity index (χ4v) is 1.09. The minimum absolute atomic E-state index is 0.426. The molecule has 0 aromatic carbocycles. The zero-order valence-corrected chi connectivity index (χ0v) is 8.14. The second-order valence-corrected chi connectivity index (χ2v) is 2.73. The number of nitrogens with two attached hydrogens (primary N) is 2. The van der Waals surface area contributed by atoms with Crippen molar-refractivity contribution in [2.45, 2.75) is 6.54 Å². The smallest absolute Gasteiger partial charge is 0.0735 e. The summed E-state index contributed by atoms with van der Waals surface area (Å²) in [5, 5.41) is 0. The zero-order valence-electron chi connectivity index (χ0n) is 8.14. The molecule has 0 atom stereocenters. The Balaban J connectivity index is 3.05. The van der Waals surface area contributed by atoms with Crippen molar-refractivity contribution in [3.8, 4) is 0 Å². The van der Waals surface area contributed by atoms with Crippen LogP contribution in [-0.4, -0.2) is 18.2 Å². The normalized spacial score (nSPS) is 12.3. The summed E-state index contributed by atoms with van der Waals surface area (Å²) in [6.45, 7) is 0.426. The van der Waals surface area contributed by atoms with Crippen molar-refractivity contribution in [2.75, 3.05) is 7.05 Å². The van der Waals surface area contributed by atoms with Crippen molar-refractivity contribution >= 4 is 11.8 Å². The molecule has 0 aliphatic heterocycles. The third kappa shape index (κ3) is 2.40. The highest BCUT2D eigenvalue weighted by Crippen LogP contribution is 2.08. The third-order valence-corrected chi connectivity index (χ3v) is 1.76. The van der Waals surface area contributed by atoms with Gasteiger partial charge in [0.25, 0.3) is 0 Å². The first-order valence-corrected chi connectivity index (χ1v) is 4.32. The summed E-state index contributed by atoms with van der Waals surface area (Å²) in [4.78, 5) is 8.21. The predicted octanol–water partition coefficient (Wildman–Crippen LogP) is 0.541. The van der Waals surface area contributed by atoms with Gasteiger partial charge in [0.15, 0.2) is 0 Å². The molecular weight excluding hydrogens is 176 g/mol. The van der Waals surface area contributed by atoms with Crippen LogP contribution < -0.4 is 11.5 Å². The van der Waals surface area contributed by atoms with Crippen molar-refractivity contribution in [1.82, 2.24) is 4.98 Å². The third-order valence-electron chi connectivity index (χ3n) is 1.76. The van der Waals surface area contributed by atoms with E-state index in [1.165, 1.54) is 6.20 Å². The van der Waals surface area contributed by atoms with Crippen LogP contribution in [0.5, 0.6) is 0 Å². The van der Waals surface area contributed by atoms with Crippen molar-refractivity contribution < 1.29 is 0 Å². The van der Waals surface area contributed by atoms with Crippen molar-refractivity contribution in [2.24, 2.45) is 16.5 Å². The molecule has 1 aromatic rings. The Morgan fingerprint density at radius 3 is 2.93 bits per heavy atom. The highest BCUT2D eigenvalue weighted by Gasteiger charge is 2.00. The van der Waals surface area contributed by atoms with Gasteiger partial charge in [0.2, 0.25) is 0 Å². The number of rotatable bonds is 3. The quantitative estimate of drug-likeness (QED) is 0.683. The van der Waals surface area contributed by atoms with Crippen LogP contribution in [0.1, 0.15) is 11.4 Å².